The summed E-state index contributed by atoms with van der Waals surface area (Å²) in [4.78, 5) is 0.677. The van der Waals surface area contributed by atoms with Crippen molar-refractivity contribution in [1.29, 1.82) is 0 Å². The number of nitrogens with zero attached hydrogens (tertiary/aromatic N) is 4. The molecule has 0 bridgehead atoms. The van der Waals surface area contributed by atoms with Gasteiger partial charge in [-0.1, -0.05) is 11.3 Å². The van der Waals surface area contributed by atoms with E-state index in [1.807, 2.05) is 6.07 Å². The van der Waals surface area contributed by atoms with Crippen LogP contribution < -0.4 is 4.74 Å². The zero-order chi connectivity index (χ0) is 14.9. The molecule has 0 radical (unpaired) electrons. The van der Waals surface area contributed by atoms with Crippen molar-refractivity contribution < 1.29 is 14.3 Å². The Labute approximate surface area is 128 Å². The SMILES string of the molecule is Oc1ccc(OCc2nn3c(-c4ccco4)nnc3s2)cc1. The number of furan rings is 1. The minimum absolute atomic E-state index is 0.203. The topological polar surface area (TPSA) is 85.7 Å². The fourth-order valence-corrected chi connectivity index (χ4v) is 2.71. The first kappa shape index (κ1) is 12.8. The lowest BCUT2D eigenvalue weighted by atomic mass is 10.3. The lowest BCUT2D eigenvalue weighted by molar-refractivity contribution is 0.303. The van der Waals surface area contributed by atoms with Crippen LogP contribution in [0, 0.1) is 0 Å². The molecule has 0 aliphatic heterocycles. The average Bonchev–Trinajstić information content (AvgIpc) is 3.22. The first-order valence-electron chi connectivity index (χ1n) is 6.46. The van der Waals surface area contributed by atoms with Crippen LogP contribution in [0.3, 0.4) is 0 Å². The fourth-order valence-electron chi connectivity index (χ4n) is 1.96. The van der Waals surface area contributed by atoms with E-state index >= 15 is 0 Å². The molecule has 7 nitrogen and oxygen atoms in total. The predicted molar refractivity (Wildman–Crippen MR) is 78.8 cm³/mol. The summed E-state index contributed by atoms with van der Waals surface area (Å²) in [6.07, 6.45) is 1.58. The van der Waals surface area contributed by atoms with Crippen molar-refractivity contribution in [3.05, 3.63) is 47.7 Å². The smallest absolute Gasteiger partial charge is 0.235 e. The van der Waals surface area contributed by atoms with Crippen molar-refractivity contribution in [2.24, 2.45) is 0 Å². The van der Waals surface area contributed by atoms with Gasteiger partial charge in [0.2, 0.25) is 10.8 Å². The molecule has 110 valence electrons. The van der Waals surface area contributed by atoms with E-state index in [0.717, 1.165) is 5.01 Å². The Morgan fingerprint density at radius 2 is 2.05 bits per heavy atom. The van der Waals surface area contributed by atoms with Gasteiger partial charge in [-0.2, -0.15) is 9.61 Å². The van der Waals surface area contributed by atoms with Crippen LogP contribution in [0.15, 0.2) is 47.1 Å². The minimum Gasteiger partial charge on any atom is -0.508 e. The van der Waals surface area contributed by atoms with Gasteiger partial charge in [-0.15, -0.1) is 10.2 Å². The van der Waals surface area contributed by atoms with Crippen molar-refractivity contribution >= 4 is 16.3 Å². The molecular weight excluding hydrogens is 304 g/mol. The molecule has 4 rings (SSSR count). The highest BCUT2D eigenvalue weighted by Gasteiger charge is 2.15. The average molecular weight is 314 g/mol. The fraction of sp³-hybridized carbons (Fsp3) is 0.0714. The van der Waals surface area contributed by atoms with Gasteiger partial charge < -0.3 is 14.3 Å². The number of aromatic hydroxyl groups is 1. The Kier molecular flexibility index (Phi) is 3.01. The van der Waals surface area contributed by atoms with Crippen molar-refractivity contribution in [3.63, 3.8) is 0 Å². The Morgan fingerprint density at radius 3 is 2.82 bits per heavy atom. The molecule has 3 aromatic heterocycles. The molecular formula is C14H10N4O3S. The molecule has 0 aliphatic carbocycles. The largest absolute Gasteiger partial charge is 0.508 e. The van der Waals surface area contributed by atoms with Crippen LogP contribution in [0.1, 0.15) is 5.01 Å². The van der Waals surface area contributed by atoms with Gasteiger partial charge in [0, 0.05) is 0 Å². The normalized spacial score (nSPS) is 11.1. The summed E-state index contributed by atoms with van der Waals surface area (Å²) in [5.74, 6) is 2.04. The number of phenolic OH excluding ortho intramolecular Hbond substituents is 1. The maximum atomic E-state index is 9.24. The Bertz CT molecular complexity index is 896. The van der Waals surface area contributed by atoms with E-state index in [9.17, 15) is 5.11 Å². The summed E-state index contributed by atoms with van der Waals surface area (Å²) in [6, 6.07) is 10.1. The first-order valence-corrected chi connectivity index (χ1v) is 7.28. The molecule has 0 spiro atoms. The number of ether oxygens (including phenoxy) is 1. The molecule has 0 saturated carbocycles. The summed E-state index contributed by atoms with van der Waals surface area (Å²) in [6.45, 7) is 0.316. The molecule has 3 heterocycles. The van der Waals surface area contributed by atoms with Crippen molar-refractivity contribution in [2.75, 3.05) is 0 Å². The quantitative estimate of drug-likeness (QED) is 0.623. The van der Waals surface area contributed by atoms with E-state index in [-0.39, 0.29) is 5.75 Å². The second-order valence-corrected chi connectivity index (χ2v) is 5.51. The number of benzene rings is 1. The lowest BCUT2D eigenvalue weighted by Gasteiger charge is -2.02. The van der Waals surface area contributed by atoms with Crippen LogP contribution in [0.4, 0.5) is 0 Å². The lowest BCUT2D eigenvalue weighted by Crippen LogP contribution is -1.97. The molecule has 0 saturated heterocycles. The highest BCUT2D eigenvalue weighted by Crippen LogP contribution is 2.23. The predicted octanol–water partition coefficient (Wildman–Crippen LogP) is 2.73. The summed E-state index contributed by atoms with van der Waals surface area (Å²) < 4.78 is 12.6. The summed E-state index contributed by atoms with van der Waals surface area (Å²) in [7, 11) is 0. The third-order valence-electron chi connectivity index (χ3n) is 2.97. The number of fused-ring (bicyclic) bond motifs is 1. The molecule has 0 amide bonds. The van der Waals surface area contributed by atoms with Gasteiger partial charge >= 0.3 is 0 Å². The van der Waals surface area contributed by atoms with E-state index in [1.165, 1.54) is 11.3 Å². The molecule has 8 heteroatoms. The highest BCUT2D eigenvalue weighted by molar-refractivity contribution is 7.16. The number of hydrogen-bond donors (Lipinski definition) is 1. The number of rotatable bonds is 4. The molecule has 1 aromatic carbocycles. The number of phenols is 1. The van der Waals surface area contributed by atoms with Crippen LogP contribution >= 0.6 is 11.3 Å². The number of hydrogen-bond acceptors (Lipinski definition) is 7. The second kappa shape index (κ2) is 5.15. The van der Waals surface area contributed by atoms with E-state index in [2.05, 4.69) is 15.3 Å². The van der Waals surface area contributed by atoms with Crippen LogP contribution in [-0.4, -0.2) is 24.9 Å². The molecule has 4 aromatic rings. The van der Waals surface area contributed by atoms with Crippen LogP contribution in [0.2, 0.25) is 0 Å². The zero-order valence-electron chi connectivity index (χ0n) is 11.2. The zero-order valence-corrected chi connectivity index (χ0v) is 12.0. The molecule has 0 unspecified atom stereocenters. The minimum atomic E-state index is 0.203. The van der Waals surface area contributed by atoms with Crippen LogP contribution in [0.5, 0.6) is 11.5 Å². The standard InChI is InChI=1S/C14H10N4O3S/c19-9-3-5-10(6-4-9)21-8-12-17-18-13(11-2-1-7-20-11)15-16-14(18)22-12/h1-7,19H,8H2. The molecule has 1 N–H and O–H groups in total. The summed E-state index contributed by atoms with van der Waals surface area (Å²) in [5, 5.41) is 22.6. The molecule has 0 aliphatic rings. The molecule has 0 atom stereocenters. The van der Waals surface area contributed by atoms with E-state index in [0.29, 0.717) is 28.9 Å². The molecule has 0 fully saturated rings. The van der Waals surface area contributed by atoms with E-state index < -0.39 is 0 Å². The van der Waals surface area contributed by atoms with Crippen molar-refractivity contribution in [1.82, 2.24) is 19.8 Å². The third kappa shape index (κ3) is 2.29. The molecule has 22 heavy (non-hydrogen) atoms. The van der Waals surface area contributed by atoms with Gasteiger partial charge in [0.15, 0.2) is 10.8 Å². The van der Waals surface area contributed by atoms with Crippen LogP contribution in [0.25, 0.3) is 16.5 Å². The Balaban J connectivity index is 1.57. The maximum absolute atomic E-state index is 9.24. The van der Waals surface area contributed by atoms with Gasteiger partial charge in [-0.3, -0.25) is 0 Å². The summed E-state index contributed by atoms with van der Waals surface area (Å²) in [5.41, 5.74) is 0. The van der Waals surface area contributed by atoms with E-state index in [1.54, 1.807) is 41.1 Å². The van der Waals surface area contributed by atoms with Gasteiger partial charge in [-0.25, -0.2) is 0 Å². The summed E-state index contributed by atoms with van der Waals surface area (Å²) >= 11 is 1.40. The third-order valence-corrected chi connectivity index (χ3v) is 3.85. The Morgan fingerprint density at radius 1 is 1.18 bits per heavy atom. The Hall–Kier alpha value is -2.87. The van der Waals surface area contributed by atoms with Gasteiger partial charge in [-0.05, 0) is 36.4 Å². The van der Waals surface area contributed by atoms with Gasteiger partial charge in [0.05, 0.1) is 6.26 Å². The first-order chi connectivity index (χ1) is 10.8. The number of aromatic nitrogens is 4. The maximum Gasteiger partial charge on any atom is 0.235 e. The monoisotopic (exact) mass is 314 g/mol. The van der Waals surface area contributed by atoms with Crippen molar-refractivity contribution in [2.45, 2.75) is 6.61 Å². The van der Waals surface area contributed by atoms with Gasteiger partial charge in [0.1, 0.15) is 18.1 Å². The highest BCUT2D eigenvalue weighted by atomic mass is 32.1. The van der Waals surface area contributed by atoms with Crippen LogP contribution in [-0.2, 0) is 6.61 Å². The second-order valence-electron chi connectivity index (χ2n) is 4.47. The van der Waals surface area contributed by atoms with E-state index in [4.69, 9.17) is 9.15 Å². The van der Waals surface area contributed by atoms with Gasteiger partial charge in [0.25, 0.3) is 0 Å². The van der Waals surface area contributed by atoms with Crippen molar-refractivity contribution in [3.8, 4) is 23.1 Å².